The largest absolute Gasteiger partial charge is 0.385 e. The fraction of sp³-hybridized carbons (Fsp3) is 0.305. The van der Waals surface area contributed by atoms with Crippen LogP contribution in [-0.2, 0) is 11.8 Å². The van der Waals surface area contributed by atoms with Crippen LogP contribution in [0.25, 0.3) is 0 Å². The summed E-state index contributed by atoms with van der Waals surface area (Å²) in [7, 11) is 0. The van der Waals surface area contributed by atoms with Crippen LogP contribution in [0.4, 0.5) is 0 Å². The molecule has 2 aliphatic heterocycles. The van der Waals surface area contributed by atoms with E-state index in [1.54, 1.807) is 0 Å². The van der Waals surface area contributed by atoms with Crippen molar-refractivity contribution < 1.29 is 4.79 Å². The minimum atomic E-state index is -0.133. The van der Waals surface area contributed by atoms with Crippen LogP contribution in [0.1, 0.15) is 168 Å². The monoisotopic (exact) mass is 932 g/mol. The molecule has 2 fully saturated rings. The number of halogens is 1. The zero-order valence-electron chi connectivity index (χ0n) is 39.1. The Morgan fingerprint density at radius 3 is 1.64 bits per heavy atom. The van der Waals surface area contributed by atoms with Gasteiger partial charge in [-0.15, -0.1) is 0 Å². The number of carbonyl (C=O) groups is 1. The minimum absolute atomic E-state index is 0.00173. The van der Waals surface area contributed by atoms with Gasteiger partial charge >= 0.3 is 0 Å². The summed E-state index contributed by atoms with van der Waals surface area (Å²) in [6.45, 7) is 11.5. The van der Waals surface area contributed by atoms with E-state index in [2.05, 4.69) is 210 Å². The summed E-state index contributed by atoms with van der Waals surface area (Å²) in [4.78, 5) is 26.6. The molecule has 2 bridgehead atoms. The smallest absolute Gasteiger partial charge is 0.266 e. The molecular formula is C59H62BBrN4O. The van der Waals surface area contributed by atoms with Crippen molar-refractivity contribution in [2.75, 3.05) is 0 Å². The van der Waals surface area contributed by atoms with Crippen molar-refractivity contribution in [1.29, 1.82) is 0 Å². The maximum atomic E-state index is 14.9. The Labute approximate surface area is 400 Å². The SMILES string of the molecule is CCc1ccc(C(=O)c2ccc(C(c3ccc(C(C)(C)C)cc3)c3ccc(C(c4ccc(C)cc4)c4ccc(C(c5ccccc5)c5ccc(Br)[nH]5)[nH]4)[nH]3)n2B2C3CCCC2CCC3)cc1. The number of rotatable bonds is 13. The fourth-order valence-corrected chi connectivity index (χ4v) is 11.9. The summed E-state index contributed by atoms with van der Waals surface area (Å²) < 4.78 is 3.52. The second-order valence-electron chi connectivity index (χ2n) is 20.3. The summed E-state index contributed by atoms with van der Waals surface area (Å²) in [6.07, 6.45) is 8.38. The fourth-order valence-electron chi connectivity index (χ4n) is 11.5. The highest BCUT2D eigenvalue weighted by molar-refractivity contribution is 9.10. The summed E-state index contributed by atoms with van der Waals surface area (Å²) in [6, 6.07) is 55.2. The van der Waals surface area contributed by atoms with Gasteiger partial charge in [-0.2, -0.15) is 0 Å². The first-order valence-corrected chi connectivity index (χ1v) is 25.1. The van der Waals surface area contributed by atoms with Gasteiger partial charge in [-0.25, -0.2) is 0 Å². The van der Waals surface area contributed by atoms with Crippen LogP contribution in [0.15, 0.2) is 156 Å². The molecule has 5 nitrogen and oxygen atoms in total. The topological polar surface area (TPSA) is 69.4 Å². The van der Waals surface area contributed by atoms with E-state index < -0.39 is 0 Å². The second kappa shape index (κ2) is 18.5. The van der Waals surface area contributed by atoms with E-state index in [1.807, 2.05) is 12.1 Å². The number of hydrogen-bond acceptors (Lipinski definition) is 1. The molecule has 0 amide bonds. The van der Waals surface area contributed by atoms with Crippen LogP contribution in [-0.4, -0.2) is 32.1 Å². The summed E-state index contributed by atoms with van der Waals surface area (Å²) >= 11 is 3.68. The number of aryl methyl sites for hydroxylation is 2. The minimum Gasteiger partial charge on any atom is -0.385 e. The van der Waals surface area contributed by atoms with Gasteiger partial charge in [-0.3, -0.25) is 4.79 Å². The predicted molar refractivity (Wildman–Crippen MR) is 276 cm³/mol. The van der Waals surface area contributed by atoms with Gasteiger partial charge in [0.25, 0.3) is 6.85 Å². The number of benzene rings is 4. The standard InChI is InChI=1S/C59H62BBrN4O/c1-6-39-20-24-43(25-21-39)58(66)53-36-35-52(65(53)60-45-14-10-15-46(60)17-11-16-45)57(42-26-28-44(29-27-42)59(3,4)5)51-33-32-49(63-51)56(41-22-18-38(2)19-23-41)48-31-30-47(62-48)55(40-12-8-7-9-13-40)50-34-37-54(61)64-50/h7-9,12-13,18-37,45-46,55-57,62-64H,6,10-11,14-17H2,1-5H3. The zero-order valence-corrected chi connectivity index (χ0v) is 40.7. The van der Waals surface area contributed by atoms with Crippen LogP contribution in [0.3, 0.4) is 0 Å². The lowest BCUT2D eigenvalue weighted by molar-refractivity contribution is 0.103. The van der Waals surface area contributed by atoms with Gasteiger partial charge < -0.3 is 19.4 Å². The van der Waals surface area contributed by atoms with Gasteiger partial charge in [0, 0.05) is 39.7 Å². The number of nitrogens with zero attached hydrogens (tertiary/aromatic N) is 1. The van der Waals surface area contributed by atoms with Crippen molar-refractivity contribution in [1.82, 2.24) is 19.4 Å². The first-order chi connectivity index (χ1) is 32.0. The maximum Gasteiger partial charge on any atom is 0.266 e. The number of carbonyl (C=O) groups excluding carboxylic acids is 1. The maximum absolute atomic E-state index is 14.9. The number of aromatic amines is 3. The Morgan fingerprint density at radius 2 is 1.11 bits per heavy atom. The Morgan fingerprint density at radius 1 is 0.606 bits per heavy atom. The third-order valence-electron chi connectivity index (χ3n) is 15.0. The summed E-state index contributed by atoms with van der Waals surface area (Å²) in [5.74, 6) is 1.01. The van der Waals surface area contributed by atoms with E-state index in [0.717, 1.165) is 50.8 Å². The van der Waals surface area contributed by atoms with Gasteiger partial charge in [-0.1, -0.05) is 175 Å². The van der Waals surface area contributed by atoms with Crippen LogP contribution in [0, 0.1) is 6.92 Å². The molecule has 0 radical (unpaired) electrons. The number of H-pyrrole nitrogens is 3. The molecule has 8 aromatic rings. The molecule has 4 aromatic heterocycles. The predicted octanol–water partition coefficient (Wildman–Crippen LogP) is 15.1. The molecule has 0 spiro atoms. The number of hydrogen-bond donors (Lipinski definition) is 3. The Bertz CT molecular complexity index is 2890. The molecule has 0 saturated carbocycles. The lowest BCUT2D eigenvalue weighted by atomic mass is 9.34. The highest BCUT2D eigenvalue weighted by Gasteiger charge is 2.44. The average Bonchev–Trinajstić information content (AvgIpc) is 4.17. The van der Waals surface area contributed by atoms with Gasteiger partial charge in [0.15, 0.2) is 0 Å². The first-order valence-electron chi connectivity index (χ1n) is 24.3. The van der Waals surface area contributed by atoms with E-state index in [-0.39, 0.29) is 35.8 Å². The van der Waals surface area contributed by atoms with Gasteiger partial charge in [0.2, 0.25) is 5.78 Å². The molecule has 3 N–H and O–H groups in total. The number of fused-ring (bicyclic) bond motifs is 2. The molecule has 2 aliphatic rings. The molecular weight excluding hydrogens is 871 g/mol. The molecule has 10 rings (SSSR count). The van der Waals surface area contributed by atoms with E-state index in [0.29, 0.717) is 11.6 Å². The van der Waals surface area contributed by atoms with E-state index >= 15 is 0 Å². The first kappa shape index (κ1) is 44.1. The van der Waals surface area contributed by atoms with Crippen LogP contribution in [0.5, 0.6) is 0 Å². The van der Waals surface area contributed by atoms with E-state index in [9.17, 15) is 4.79 Å². The number of nitrogens with one attached hydrogen (secondary N) is 3. The van der Waals surface area contributed by atoms with Crippen molar-refractivity contribution in [2.45, 2.75) is 114 Å². The molecule has 334 valence electrons. The second-order valence-corrected chi connectivity index (χ2v) is 21.1. The summed E-state index contributed by atoms with van der Waals surface area (Å²) in [5, 5.41) is 0. The van der Waals surface area contributed by atoms with Crippen molar-refractivity contribution in [3.63, 3.8) is 0 Å². The third-order valence-corrected chi connectivity index (χ3v) is 15.5. The van der Waals surface area contributed by atoms with Gasteiger partial charge in [0.1, 0.15) is 0 Å². The highest BCUT2D eigenvalue weighted by Crippen LogP contribution is 2.49. The quantitative estimate of drug-likeness (QED) is 0.0782. The molecule has 2 saturated heterocycles. The Kier molecular flexibility index (Phi) is 12.3. The highest BCUT2D eigenvalue weighted by atomic mass is 79.9. The lowest BCUT2D eigenvalue weighted by Crippen LogP contribution is -2.43. The molecule has 66 heavy (non-hydrogen) atoms. The lowest BCUT2D eigenvalue weighted by Gasteiger charge is -2.42. The van der Waals surface area contributed by atoms with Crippen molar-refractivity contribution in [3.8, 4) is 0 Å². The molecule has 7 heteroatoms. The van der Waals surface area contributed by atoms with Crippen molar-refractivity contribution in [3.05, 3.63) is 235 Å². The third kappa shape index (κ3) is 8.67. The molecule has 3 atom stereocenters. The summed E-state index contributed by atoms with van der Waals surface area (Å²) in [5.41, 5.74) is 15.9. The number of aromatic nitrogens is 4. The Hall–Kier alpha value is -5.79. The van der Waals surface area contributed by atoms with Gasteiger partial charge in [0.05, 0.1) is 28.1 Å². The van der Waals surface area contributed by atoms with Crippen molar-refractivity contribution >= 4 is 28.6 Å². The van der Waals surface area contributed by atoms with Crippen LogP contribution < -0.4 is 0 Å². The normalized spacial score (nSPS) is 17.7. The van der Waals surface area contributed by atoms with Gasteiger partial charge in [-0.05, 0) is 123 Å². The molecule has 6 heterocycles. The van der Waals surface area contributed by atoms with Crippen LogP contribution in [0.2, 0.25) is 11.6 Å². The van der Waals surface area contributed by atoms with Crippen LogP contribution >= 0.6 is 15.9 Å². The molecule has 3 unspecified atom stereocenters. The van der Waals surface area contributed by atoms with Crippen molar-refractivity contribution in [2.24, 2.45) is 0 Å². The zero-order chi connectivity index (χ0) is 45.5. The molecule has 4 aromatic carbocycles. The van der Waals surface area contributed by atoms with E-state index in [1.165, 1.54) is 77.6 Å². The van der Waals surface area contributed by atoms with E-state index in [4.69, 9.17) is 0 Å². The number of ketones is 1. The molecule has 0 aliphatic carbocycles. The average molecular weight is 934 g/mol. The Balaban J connectivity index is 1.12.